The predicted octanol–water partition coefficient (Wildman–Crippen LogP) is 4.14. The highest BCUT2D eigenvalue weighted by molar-refractivity contribution is 9.10. The molecule has 0 fully saturated rings. The van der Waals surface area contributed by atoms with Gasteiger partial charge in [0.05, 0.1) is 0 Å². The number of hydrogen-bond acceptors (Lipinski definition) is 3. The number of unbranched alkanes of at least 4 members (excludes halogenated alkanes) is 2. The fourth-order valence-electron chi connectivity index (χ4n) is 1.44. The normalized spacial score (nSPS) is 11.6. The highest BCUT2D eigenvalue weighted by atomic mass is 79.9. The van der Waals surface area contributed by atoms with Crippen LogP contribution < -0.4 is 5.32 Å². The van der Waals surface area contributed by atoms with Crippen LogP contribution in [0.2, 0.25) is 0 Å². The van der Waals surface area contributed by atoms with Crippen molar-refractivity contribution < 1.29 is 0 Å². The molecule has 0 saturated carbocycles. The van der Waals surface area contributed by atoms with Gasteiger partial charge >= 0.3 is 0 Å². The third-order valence-electron chi connectivity index (χ3n) is 2.45. The molecule has 0 spiro atoms. The molecule has 0 aliphatic carbocycles. The van der Waals surface area contributed by atoms with Gasteiger partial charge in [0.15, 0.2) is 0 Å². The molecule has 0 radical (unpaired) electrons. The lowest BCUT2D eigenvalue weighted by Crippen LogP contribution is -2.17. The third-order valence-corrected chi connectivity index (χ3v) is 2.86. The Morgan fingerprint density at radius 1 is 1.24 bits per heavy atom. The molecule has 1 aromatic rings. The highest BCUT2D eigenvalue weighted by Crippen LogP contribution is 2.22. The molecule has 96 valence electrons. The van der Waals surface area contributed by atoms with Crippen molar-refractivity contribution in [2.24, 2.45) is 0 Å². The van der Waals surface area contributed by atoms with Gasteiger partial charge in [-0.15, -0.1) is 0 Å². The lowest BCUT2D eigenvalue weighted by molar-refractivity contribution is 0.544. The molecule has 0 aromatic carbocycles. The molecule has 1 rings (SSSR count). The Labute approximate surface area is 113 Å². The topological polar surface area (TPSA) is 37.8 Å². The number of aromatic nitrogens is 2. The summed E-state index contributed by atoms with van der Waals surface area (Å²) in [6.07, 6.45) is 3.68. The van der Waals surface area contributed by atoms with Crippen LogP contribution in [0.3, 0.4) is 0 Å². The number of rotatable bonds is 5. The summed E-state index contributed by atoms with van der Waals surface area (Å²) in [5.41, 5.74) is -0.0242. The molecule has 4 heteroatoms. The standard InChI is InChI=1S/C13H22BrN3/c1-5-6-7-8-15-11-9-10(14)16-12(17-11)13(2,3)4/h9H,5-8H2,1-4H3,(H,15,16,17). The van der Waals surface area contributed by atoms with Gasteiger partial charge in [-0.25, -0.2) is 9.97 Å². The Kier molecular flexibility index (Phi) is 5.37. The fraction of sp³-hybridized carbons (Fsp3) is 0.692. The second-order valence-corrected chi connectivity index (χ2v) is 6.10. The van der Waals surface area contributed by atoms with Crippen molar-refractivity contribution in [1.29, 1.82) is 0 Å². The first-order valence-electron chi connectivity index (χ1n) is 6.22. The Balaban J connectivity index is 2.69. The van der Waals surface area contributed by atoms with Gasteiger partial charge in [-0.05, 0) is 22.4 Å². The average molecular weight is 300 g/mol. The van der Waals surface area contributed by atoms with Gasteiger partial charge in [0.2, 0.25) is 0 Å². The molecule has 0 saturated heterocycles. The van der Waals surface area contributed by atoms with Crippen LogP contribution in [-0.4, -0.2) is 16.5 Å². The van der Waals surface area contributed by atoms with Crippen LogP contribution in [0.25, 0.3) is 0 Å². The molecule has 1 heterocycles. The van der Waals surface area contributed by atoms with Crippen LogP contribution in [0.5, 0.6) is 0 Å². The molecular weight excluding hydrogens is 278 g/mol. The summed E-state index contributed by atoms with van der Waals surface area (Å²) in [4.78, 5) is 8.97. The van der Waals surface area contributed by atoms with Crippen molar-refractivity contribution in [2.75, 3.05) is 11.9 Å². The molecule has 0 aliphatic heterocycles. The molecule has 0 amide bonds. The molecule has 0 aliphatic rings. The number of hydrogen-bond donors (Lipinski definition) is 1. The molecule has 1 N–H and O–H groups in total. The maximum Gasteiger partial charge on any atom is 0.137 e. The first-order valence-corrected chi connectivity index (χ1v) is 7.01. The van der Waals surface area contributed by atoms with E-state index in [1.54, 1.807) is 0 Å². The van der Waals surface area contributed by atoms with Crippen LogP contribution in [0.15, 0.2) is 10.7 Å². The Morgan fingerprint density at radius 3 is 2.53 bits per heavy atom. The minimum absolute atomic E-state index is 0.0242. The Morgan fingerprint density at radius 2 is 1.94 bits per heavy atom. The van der Waals surface area contributed by atoms with Crippen molar-refractivity contribution in [3.8, 4) is 0 Å². The lowest BCUT2D eigenvalue weighted by atomic mass is 9.96. The molecule has 17 heavy (non-hydrogen) atoms. The van der Waals surface area contributed by atoms with E-state index < -0.39 is 0 Å². The largest absolute Gasteiger partial charge is 0.370 e. The van der Waals surface area contributed by atoms with E-state index in [9.17, 15) is 0 Å². The summed E-state index contributed by atoms with van der Waals surface area (Å²) in [7, 11) is 0. The van der Waals surface area contributed by atoms with Crippen molar-refractivity contribution in [1.82, 2.24) is 9.97 Å². The van der Waals surface area contributed by atoms with E-state index in [0.717, 1.165) is 22.8 Å². The summed E-state index contributed by atoms with van der Waals surface area (Å²) < 4.78 is 0.843. The number of nitrogens with zero attached hydrogens (tertiary/aromatic N) is 2. The predicted molar refractivity (Wildman–Crippen MR) is 76.4 cm³/mol. The molecule has 0 unspecified atom stereocenters. The summed E-state index contributed by atoms with van der Waals surface area (Å²) in [5, 5.41) is 3.35. The zero-order valence-corrected chi connectivity index (χ0v) is 12.8. The van der Waals surface area contributed by atoms with Crippen molar-refractivity contribution in [3.63, 3.8) is 0 Å². The van der Waals surface area contributed by atoms with Gasteiger partial charge in [0.1, 0.15) is 16.2 Å². The first-order chi connectivity index (χ1) is 7.93. The van der Waals surface area contributed by atoms with Gasteiger partial charge in [-0.2, -0.15) is 0 Å². The summed E-state index contributed by atoms with van der Waals surface area (Å²) >= 11 is 3.44. The minimum atomic E-state index is -0.0242. The highest BCUT2D eigenvalue weighted by Gasteiger charge is 2.18. The first kappa shape index (κ1) is 14.4. The zero-order chi connectivity index (χ0) is 12.9. The van der Waals surface area contributed by atoms with Gasteiger partial charge in [-0.1, -0.05) is 40.5 Å². The molecule has 1 aromatic heterocycles. The van der Waals surface area contributed by atoms with Gasteiger partial charge in [-0.3, -0.25) is 0 Å². The van der Waals surface area contributed by atoms with E-state index in [0.29, 0.717) is 0 Å². The van der Waals surface area contributed by atoms with Crippen LogP contribution in [0, 0.1) is 0 Å². The van der Waals surface area contributed by atoms with Gasteiger partial charge in [0.25, 0.3) is 0 Å². The molecule has 0 bridgehead atoms. The minimum Gasteiger partial charge on any atom is -0.370 e. The SMILES string of the molecule is CCCCCNc1cc(Br)nc(C(C)(C)C)n1. The molecule has 0 atom stereocenters. The maximum absolute atomic E-state index is 4.55. The maximum atomic E-state index is 4.55. The monoisotopic (exact) mass is 299 g/mol. The van der Waals surface area contributed by atoms with Crippen LogP contribution in [0.1, 0.15) is 52.8 Å². The quantitative estimate of drug-likeness (QED) is 0.656. The van der Waals surface area contributed by atoms with Crippen LogP contribution >= 0.6 is 15.9 Å². The van der Waals surface area contributed by atoms with E-state index in [1.165, 1.54) is 19.3 Å². The second kappa shape index (κ2) is 6.34. The number of anilines is 1. The van der Waals surface area contributed by atoms with E-state index in [2.05, 4.69) is 58.9 Å². The third kappa shape index (κ3) is 5.02. The molecule has 3 nitrogen and oxygen atoms in total. The zero-order valence-electron chi connectivity index (χ0n) is 11.2. The van der Waals surface area contributed by atoms with Crippen LogP contribution in [-0.2, 0) is 5.41 Å². The summed E-state index contributed by atoms with van der Waals surface area (Å²) in [6, 6.07) is 1.93. The van der Waals surface area contributed by atoms with E-state index >= 15 is 0 Å². The van der Waals surface area contributed by atoms with Gasteiger partial charge in [0, 0.05) is 18.0 Å². The average Bonchev–Trinajstić information content (AvgIpc) is 2.22. The lowest BCUT2D eigenvalue weighted by Gasteiger charge is -2.17. The van der Waals surface area contributed by atoms with Crippen molar-refractivity contribution >= 4 is 21.7 Å². The van der Waals surface area contributed by atoms with E-state index in [4.69, 9.17) is 0 Å². The van der Waals surface area contributed by atoms with Crippen LogP contribution in [0.4, 0.5) is 5.82 Å². The Hall–Kier alpha value is -0.640. The van der Waals surface area contributed by atoms with Crippen molar-refractivity contribution in [2.45, 2.75) is 52.4 Å². The van der Waals surface area contributed by atoms with E-state index in [1.807, 2.05) is 6.07 Å². The molecular formula is C13H22BrN3. The summed E-state index contributed by atoms with van der Waals surface area (Å²) in [6.45, 7) is 9.54. The fourth-order valence-corrected chi connectivity index (χ4v) is 1.82. The summed E-state index contributed by atoms with van der Waals surface area (Å²) in [5.74, 6) is 1.78. The number of halogens is 1. The smallest absolute Gasteiger partial charge is 0.137 e. The van der Waals surface area contributed by atoms with E-state index in [-0.39, 0.29) is 5.41 Å². The van der Waals surface area contributed by atoms with Crippen molar-refractivity contribution in [3.05, 3.63) is 16.5 Å². The Bertz CT molecular complexity index is 358. The second-order valence-electron chi connectivity index (χ2n) is 5.28. The van der Waals surface area contributed by atoms with Gasteiger partial charge < -0.3 is 5.32 Å². The number of nitrogens with one attached hydrogen (secondary N) is 1.